The van der Waals surface area contributed by atoms with E-state index >= 15 is 0 Å². The molecule has 0 radical (unpaired) electrons. The Bertz CT molecular complexity index is 366. The topological polar surface area (TPSA) is 49.7 Å². The van der Waals surface area contributed by atoms with Gasteiger partial charge in [-0.1, -0.05) is 12.8 Å². The van der Waals surface area contributed by atoms with Crippen LogP contribution >= 0.6 is 0 Å². The fourth-order valence-corrected chi connectivity index (χ4v) is 1.57. The van der Waals surface area contributed by atoms with E-state index in [1.165, 1.54) is 25.0 Å². The van der Waals surface area contributed by atoms with Gasteiger partial charge in [-0.05, 0) is 29.9 Å². The molecule has 0 atom stereocenters. The van der Waals surface area contributed by atoms with E-state index in [0.29, 0.717) is 12.4 Å². The van der Waals surface area contributed by atoms with Crippen LogP contribution in [0, 0.1) is 11.7 Å². The van der Waals surface area contributed by atoms with Crippen LogP contribution in [0.1, 0.15) is 19.3 Å². The third-order valence-electron chi connectivity index (χ3n) is 2.68. The second kappa shape index (κ2) is 4.85. The van der Waals surface area contributed by atoms with Gasteiger partial charge in [0.2, 0.25) is 0 Å². The van der Waals surface area contributed by atoms with Crippen LogP contribution in [0.3, 0.4) is 0 Å². The van der Waals surface area contributed by atoms with Crippen LogP contribution in [0.25, 0.3) is 0 Å². The van der Waals surface area contributed by atoms with E-state index in [4.69, 9.17) is 14.8 Å². The lowest BCUT2D eigenvalue weighted by Gasteiger charge is -2.08. The summed E-state index contributed by atoms with van der Waals surface area (Å²) in [6, 6.07) is 3.78. The van der Waals surface area contributed by atoms with Gasteiger partial charge >= 0.3 is 7.12 Å². The van der Waals surface area contributed by atoms with E-state index in [2.05, 4.69) is 0 Å². The maximum absolute atomic E-state index is 13.1. The van der Waals surface area contributed by atoms with E-state index < -0.39 is 12.9 Å². The van der Waals surface area contributed by atoms with Gasteiger partial charge in [-0.15, -0.1) is 0 Å². The lowest BCUT2D eigenvalue weighted by Crippen LogP contribution is -2.30. The Hall–Kier alpha value is -1.07. The molecule has 0 unspecified atom stereocenters. The number of benzene rings is 1. The molecule has 1 aliphatic rings. The minimum Gasteiger partial charge on any atom is -0.493 e. The highest BCUT2D eigenvalue weighted by Crippen LogP contribution is 2.32. The molecule has 0 aromatic heterocycles. The summed E-state index contributed by atoms with van der Waals surface area (Å²) >= 11 is 0. The summed E-state index contributed by atoms with van der Waals surface area (Å²) < 4.78 is 18.5. The first-order valence-electron chi connectivity index (χ1n) is 5.44. The highest BCUT2D eigenvalue weighted by Gasteiger charge is 2.21. The molecule has 2 N–H and O–H groups in total. The van der Waals surface area contributed by atoms with Gasteiger partial charge in [0.25, 0.3) is 0 Å². The molecule has 16 heavy (non-hydrogen) atoms. The monoisotopic (exact) mass is 224 g/mol. The zero-order valence-corrected chi connectivity index (χ0v) is 8.90. The predicted octanol–water partition coefficient (Wildman–Crippen LogP) is 0.684. The summed E-state index contributed by atoms with van der Waals surface area (Å²) in [6.45, 7) is 0.551. The minimum absolute atomic E-state index is 0.112. The zero-order chi connectivity index (χ0) is 11.5. The van der Waals surface area contributed by atoms with Crippen LogP contribution in [0.2, 0.25) is 0 Å². The molecule has 86 valence electrons. The summed E-state index contributed by atoms with van der Waals surface area (Å²) in [5.74, 6) is 0.590. The van der Waals surface area contributed by atoms with Gasteiger partial charge in [0.1, 0.15) is 11.6 Å². The lowest BCUT2D eigenvalue weighted by molar-refractivity contribution is 0.301. The van der Waals surface area contributed by atoms with Gasteiger partial charge in [0.05, 0.1) is 6.61 Å². The Kier molecular flexibility index (Phi) is 3.46. The molecule has 2 rings (SSSR count). The van der Waals surface area contributed by atoms with Crippen molar-refractivity contribution in [3.8, 4) is 5.75 Å². The van der Waals surface area contributed by atoms with Crippen LogP contribution < -0.4 is 10.2 Å². The molecule has 0 amide bonds. The van der Waals surface area contributed by atoms with Crippen molar-refractivity contribution >= 4 is 12.6 Å². The van der Waals surface area contributed by atoms with Crippen molar-refractivity contribution < 1.29 is 19.2 Å². The highest BCUT2D eigenvalue weighted by molar-refractivity contribution is 6.58. The van der Waals surface area contributed by atoms with Crippen molar-refractivity contribution in [2.45, 2.75) is 19.3 Å². The Labute approximate surface area is 94.0 Å². The van der Waals surface area contributed by atoms with Crippen molar-refractivity contribution in [2.75, 3.05) is 6.61 Å². The summed E-state index contributed by atoms with van der Waals surface area (Å²) in [5.41, 5.74) is 0.112. The molecule has 0 spiro atoms. The van der Waals surface area contributed by atoms with E-state index in [9.17, 15) is 4.39 Å². The molecular weight excluding hydrogens is 210 g/mol. The van der Waals surface area contributed by atoms with Crippen LogP contribution in [-0.2, 0) is 0 Å². The first-order valence-corrected chi connectivity index (χ1v) is 5.44. The number of halogens is 1. The molecule has 0 heterocycles. The van der Waals surface area contributed by atoms with Gasteiger partial charge in [-0.2, -0.15) is 0 Å². The van der Waals surface area contributed by atoms with Crippen LogP contribution in [0.15, 0.2) is 18.2 Å². The quantitative estimate of drug-likeness (QED) is 0.723. The highest BCUT2D eigenvalue weighted by atomic mass is 19.1. The second-order valence-corrected chi connectivity index (χ2v) is 4.17. The van der Waals surface area contributed by atoms with Gasteiger partial charge in [-0.25, -0.2) is 4.39 Å². The largest absolute Gasteiger partial charge is 0.493 e. The fourth-order valence-electron chi connectivity index (χ4n) is 1.57. The molecule has 3 nitrogen and oxygen atoms in total. The maximum atomic E-state index is 13.1. The van der Waals surface area contributed by atoms with Crippen LogP contribution in [0.5, 0.6) is 5.75 Å². The van der Waals surface area contributed by atoms with Crippen molar-refractivity contribution in [3.05, 3.63) is 24.0 Å². The molecule has 1 fully saturated rings. The van der Waals surface area contributed by atoms with Crippen molar-refractivity contribution in [1.29, 1.82) is 0 Å². The van der Waals surface area contributed by atoms with E-state index in [1.54, 1.807) is 0 Å². The lowest BCUT2D eigenvalue weighted by atomic mass is 9.80. The Morgan fingerprint density at radius 3 is 2.69 bits per heavy atom. The molecule has 1 aliphatic carbocycles. The molecule has 1 aromatic carbocycles. The molecule has 0 aliphatic heterocycles. The third-order valence-corrected chi connectivity index (χ3v) is 2.68. The molecule has 5 heteroatoms. The Morgan fingerprint density at radius 2 is 2.06 bits per heavy atom. The number of ether oxygens (including phenoxy) is 1. The van der Waals surface area contributed by atoms with Gasteiger partial charge in [0, 0.05) is 6.07 Å². The average molecular weight is 224 g/mol. The molecule has 0 saturated heterocycles. The van der Waals surface area contributed by atoms with Gasteiger partial charge < -0.3 is 14.8 Å². The Morgan fingerprint density at radius 1 is 1.31 bits per heavy atom. The van der Waals surface area contributed by atoms with E-state index in [0.717, 1.165) is 18.4 Å². The van der Waals surface area contributed by atoms with Gasteiger partial charge in [0.15, 0.2) is 0 Å². The first-order chi connectivity index (χ1) is 7.65. The fraction of sp³-hybridized carbons (Fsp3) is 0.455. The third kappa shape index (κ3) is 3.22. The molecule has 1 saturated carbocycles. The van der Waals surface area contributed by atoms with Gasteiger partial charge in [-0.3, -0.25) is 0 Å². The number of hydrogen-bond donors (Lipinski definition) is 2. The SMILES string of the molecule is OB(O)c1cc(F)cc(OCCC2CC2)c1. The van der Waals surface area contributed by atoms with Crippen molar-refractivity contribution in [2.24, 2.45) is 5.92 Å². The van der Waals surface area contributed by atoms with E-state index in [1.807, 2.05) is 0 Å². The summed E-state index contributed by atoms with van der Waals surface area (Å²) in [7, 11) is -1.67. The molecule has 1 aromatic rings. The molecule has 0 bridgehead atoms. The zero-order valence-electron chi connectivity index (χ0n) is 8.90. The Balaban J connectivity index is 1.95. The second-order valence-electron chi connectivity index (χ2n) is 4.17. The first kappa shape index (κ1) is 11.4. The predicted molar refractivity (Wildman–Crippen MR) is 59.1 cm³/mol. The smallest absolute Gasteiger partial charge is 0.488 e. The summed E-state index contributed by atoms with van der Waals surface area (Å²) in [5, 5.41) is 17.9. The normalized spacial score (nSPS) is 14.9. The number of hydrogen-bond acceptors (Lipinski definition) is 3. The van der Waals surface area contributed by atoms with E-state index in [-0.39, 0.29) is 5.46 Å². The standard InChI is InChI=1S/C11H14BFO3/c13-10-5-9(12(14)15)6-11(7-10)16-4-3-8-1-2-8/h5-8,14-15H,1-4H2. The number of rotatable bonds is 5. The minimum atomic E-state index is -1.67. The summed E-state index contributed by atoms with van der Waals surface area (Å²) in [6.07, 6.45) is 3.49. The van der Waals surface area contributed by atoms with Crippen molar-refractivity contribution in [3.63, 3.8) is 0 Å². The van der Waals surface area contributed by atoms with Crippen LogP contribution in [0.4, 0.5) is 4.39 Å². The maximum Gasteiger partial charge on any atom is 0.488 e. The summed E-state index contributed by atoms with van der Waals surface area (Å²) in [4.78, 5) is 0. The molecular formula is C11H14BFO3. The average Bonchev–Trinajstić information content (AvgIpc) is 3.01. The van der Waals surface area contributed by atoms with Crippen LogP contribution in [-0.4, -0.2) is 23.8 Å². The van der Waals surface area contributed by atoms with Crippen molar-refractivity contribution in [1.82, 2.24) is 0 Å².